The van der Waals surface area contributed by atoms with Crippen molar-refractivity contribution >= 4 is 17.7 Å². The number of carbonyl (C=O) groups is 3. The van der Waals surface area contributed by atoms with Crippen LogP contribution in [-0.2, 0) is 19.1 Å². The van der Waals surface area contributed by atoms with E-state index >= 15 is 0 Å². The average molecular weight is 212 g/mol. The summed E-state index contributed by atoms with van der Waals surface area (Å²) in [5, 5.41) is 0. The van der Waals surface area contributed by atoms with Crippen LogP contribution in [0.15, 0.2) is 12.2 Å². The number of hydrogen-bond donors (Lipinski definition) is 0. The molecule has 4 heteroatoms. The quantitative estimate of drug-likeness (QED) is 0.382. The van der Waals surface area contributed by atoms with Gasteiger partial charge in [-0.15, -0.1) is 0 Å². The highest BCUT2D eigenvalue weighted by Gasteiger charge is 2.14. The minimum absolute atomic E-state index is 0.272. The molecular weight excluding hydrogens is 196 g/mol. The van der Waals surface area contributed by atoms with Gasteiger partial charge in [0.1, 0.15) is 12.2 Å². The largest absolute Gasteiger partial charge is 0.389 e. The summed E-state index contributed by atoms with van der Waals surface area (Å²) in [6.07, 6.45) is 1.91. The van der Waals surface area contributed by atoms with Crippen LogP contribution in [0.25, 0.3) is 0 Å². The van der Waals surface area contributed by atoms with Crippen molar-refractivity contribution in [3.63, 3.8) is 0 Å². The molecule has 0 rings (SSSR count). The van der Waals surface area contributed by atoms with Crippen molar-refractivity contribution in [2.24, 2.45) is 0 Å². The van der Waals surface area contributed by atoms with Crippen LogP contribution in [0.5, 0.6) is 0 Å². The van der Waals surface area contributed by atoms with Gasteiger partial charge in [0, 0.05) is 5.57 Å². The van der Waals surface area contributed by atoms with Gasteiger partial charge in [0.2, 0.25) is 0 Å². The van der Waals surface area contributed by atoms with E-state index in [-0.39, 0.29) is 17.8 Å². The summed E-state index contributed by atoms with van der Waals surface area (Å²) in [7, 11) is 0. The molecule has 0 aromatic rings. The van der Waals surface area contributed by atoms with Crippen LogP contribution in [0.3, 0.4) is 0 Å². The molecule has 0 aromatic heterocycles. The standard InChI is InChI=1S/C11H16O4/c1-4-5-6-8(2)11(14)15-10(13)7-9(3)12/h2,4-7H2,1,3H3. The van der Waals surface area contributed by atoms with Crippen LogP contribution in [0.4, 0.5) is 0 Å². The summed E-state index contributed by atoms with van der Waals surface area (Å²) < 4.78 is 4.42. The first-order chi connectivity index (χ1) is 6.97. The summed E-state index contributed by atoms with van der Waals surface area (Å²) in [5.74, 6) is -1.87. The minimum Gasteiger partial charge on any atom is -0.389 e. The first-order valence-corrected chi connectivity index (χ1v) is 4.89. The monoisotopic (exact) mass is 212 g/mol. The van der Waals surface area contributed by atoms with Crippen LogP contribution in [0, 0.1) is 0 Å². The minimum atomic E-state index is -0.815. The van der Waals surface area contributed by atoms with Gasteiger partial charge in [0.15, 0.2) is 0 Å². The Bertz CT molecular complexity index is 278. The Morgan fingerprint density at radius 1 is 1.27 bits per heavy atom. The second kappa shape index (κ2) is 6.92. The van der Waals surface area contributed by atoms with E-state index in [9.17, 15) is 14.4 Å². The van der Waals surface area contributed by atoms with Gasteiger partial charge < -0.3 is 4.74 Å². The highest BCUT2D eigenvalue weighted by molar-refractivity contribution is 6.01. The number of unbranched alkanes of at least 4 members (excludes halogenated alkanes) is 1. The van der Waals surface area contributed by atoms with E-state index in [0.717, 1.165) is 12.8 Å². The third-order valence-corrected chi connectivity index (χ3v) is 1.72. The number of ether oxygens (including phenoxy) is 1. The van der Waals surface area contributed by atoms with Gasteiger partial charge in [0.25, 0.3) is 0 Å². The Hall–Kier alpha value is -1.45. The summed E-state index contributed by atoms with van der Waals surface area (Å²) in [6.45, 7) is 6.76. The molecule has 0 atom stereocenters. The van der Waals surface area contributed by atoms with Gasteiger partial charge in [-0.05, 0) is 19.8 Å². The SMILES string of the molecule is C=C(CCCC)C(=O)OC(=O)CC(C)=O. The summed E-state index contributed by atoms with van der Waals surface area (Å²) >= 11 is 0. The number of hydrogen-bond acceptors (Lipinski definition) is 4. The lowest BCUT2D eigenvalue weighted by Crippen LogP contribution is -2.16. The Balaban J connectivity index is 3.96. The van der Waals surface area contributed by atoms with Crippen LogP contribution >= 0.6 is 0 Å². The Labute approximate surface area is 89.3 Å². The third kappa shape index (κ3) is 6.60. The first kappa shape index (κ1) is 13.5. The van der Waals surface area contributed by atoms with Crippen LogP contribution < -0.4 is 0 Å². The maximum atomic E-state index is 11.2. The zero-order chi connectivity index (χ0) is 11.8. The van der Waals surface area contributed by atoms with Crippen LogP contribution in [-0.4, -0.2) is 17.7 Å². The molecule has 0 N–H and O–H groups in total. The van der Waals surface area contributed by atoms with E-state index in [1.54, 1.807) is 0 Å². The molecule has 0 saturated carbocycles. The lowest BCUT2D eigenvalue weighted by Gasteiger charge is -2.03. The predicted molar refractivity (Wildman–Crippen MR) is 55.1 cm³/mol. The second-order valence-electron chi connectivity index (χ2n) is 3.35. The number of ketones is 1. The molecule has 0 aliphatic rings. The number of rotatable bonds is 6. The zero-order valence-electron chi connectivity index (χ0n) is 9.17. The smallest absolute Gasteiger partial charge is 0.341 e. The molecule has 0 saturated heterocycles. The molecule has 0 amide bonds. The van der Waals surface area contributed by atoms with Crippen LogP contribution in [0.2, 0.25) is 0 Å². The molecule has 0 aromatic carbocycles. The molecule has 0 bridgehead atoms. The average Bonchev–Trinajstić information content (AvgIpc) is 2.12. The maximum absolute atomic E-state index is 11.2. The lowest BCUT2D eigenvalue weighted by atomic mass is 10.1. The summed E-state index contributed by atoms with van der Waals surface area (Å²) in [4.78, 5) is 32.7. The second-order valence-corrected chi connectivity index (χ2v) is 3.35. The van der Waals surface area contributed by atoms with Gasteiger partial charge in [-0.3, -0.25) is 9.59 Å². The molecule has 4 nitrogen and oxygen atoms in total. The van der Waals surface area contributed by atoms with Gasteiger partial charge in [-0.2, -0.15) is 0 Å². The highest BCUT2D eigenvalue weighted by Crippen LogP contribution is 2.07. The van der Waals surface area contributed by atoms with Crippen molar-refractivity contribution in [1.82, 2.24) is 0 Å². The van der Waals surface area contributed by atoms with Gasteiger partial charge in [-0.1, -0.05) is 19.9 Å². The molecular formula is C11H16O4. The van der Waals surface area contributed by atoms with E-state index in [2.05, 4.69) is 11.3 Å². The maximum Gasteiger partial charge on any atom is 0.341 e. The van der Waals surface area contributed by atoms with Crippen molar-refractivity contribution < 1.29 is 19.1 Å². The van der Waals surface area contributed by atoms with Gasteiger partial charge in [-0.25, -0.2) is 4.79 Å². The van der Waals surface area contributed by atoms with Crippen molar-refractivity contribution in [3.05, 3.63) is 12.2 Å². The fourth-order valence-electron chi connectivity index (χ4n) is 0.907. The molecule has 0 heterocycles. The van der Waals surface area contributed by atoms with Crippen LogP contribution in [0.1, 0.15) is 39.5 Å². The fourth-order valence-corrected chi connectivity index (χ4v) is 0.907. The number of carbonyl (C=O) groups excluding carboxylic acids is 3. The summed E-state index contributed by atoms with van der Waals surface area (Å²) in [6, 6.07) is 0. The van der Waals surface area contributed by atoms with E-state index < -0.39 is 11.9 Å². The highest BCUT2D eigenvalue weighted by atomic mass is 16.6. The van der Waals surface area contributed by atoms with Crippen molar-refractivity contribution in [1.29, 1.82) is 0 Å². The Kier molecular flexibility index (Phi) is 6.25. The zero-order valence-corrected chi connectivity index (χ0v) is 9.17. The fraction of sp³-hybridized carbons (Fsp3) is 0.545. The summed E-state index contributed by atoms with van der Waals surface area (Å²) in [5.41, 5.74) is 0.272. The van der Waals surface area contributed by atoms with E-state index in [0.29, 0.717) is 6.42 Å². The number of Topliss-reactive ketones (excluding diaryl/α,β-unsaturated/α-hetero) is 1. The van der Waals surface area contributed by atoms with E-state index in [1.807, 2.05) is 6.92 Å². The molecule has 0 aliphatic heterocycles. The molecule has 84 valence electrons. The Morgan fingerprint density at radius 3 is 2.33 bits per heavy atom. The van der Waals surface area contributed by atoms with Crippen molar-refractivity contribution in [2.45, 2.75) is 39.5 Å². The van der Waals surface area contributed by atoms with Crippen molar-refractivity contribution in [3.8, 4) is 0 Å². The van der Waals surface area contributed by atoms with Gasteiger partial charge >= 0.3 is 11.9 Å². The van der Waals surface area contributed by atoms with Crippen molar-refractivity contribution in [2.75, 3.05) is 0 Å². The van der Waals surface area contributed by atoms with E-state index in [4.69, 9.17) is 0 Å². The molecule has 15 heavy (non-hydrogen) atoms. The number of esters is 2. The predicted octanol–water partition coefficient (Wildman–Crippen LogP) is 1.78. The molecule has 0 unspecified atom stereocenters. The molecule has 0 radical (unpaired) electrons. The molecule has 0 aliphatic carbocycles. The topological polar surface area (TPSA) is 60.4 Å². The lowest BCUT2D eigenvalue weighted by molar-refractivity contribution is -0.157. The Morgan fingerprint density at radius 2 is 1.87 bits per heavy atom. The molecule has 0 spiro atoms. The first-order valence-electron chi connectivity index (χ1n) is 4.89. The normalized spacial score (nSPS) is 9.47. The van der Waals surface area contributed by atoms with E-state index in [1.165, 1.54) is 6.92 Å². The van der Waals surface area contributed by atoms with Gasteiger partial charge in [0.05, 0.1) is 0 Å². The third-order valence-electron chi connectivity index (χ3n) is 1.72. The molecule has 0 fully saturated rings.